The van der Waals surface area contributed by atoms with Gasteiger partial charge in [-0.2, -0.15) is 0 Å². The maximum atomic E-state index is 13.4. The lowest BCUT2D eigenvalue weighted by Gasteiger charge is -2.35. The molecule has 0 aliphatic carbocycles. The van der Waals surface area contributed by atoms with Gasteiger partial charge in [-0.25, -0.2) is 4.39 Å². The summed E-state index contributed by atoms with van der Waals surface area (Å²) in [5, 5.41) is 0. The Morgan fingerprint density at radius 2 is 1.80 bits per heavy atom. The van der Waals surface area contributed by atoms with Crippen molar-refractivity contribution in [3.63, 3.8) is 0 Å². The van der Waals surface area contributed by atoms with E-state index in [0.29, 0.717) is 24.4 Å². The number of benzene rings is 2. The third-order valence-electron chi connectivity index (χ3n) is 4.56. The first-order chi connectivity index (χ1) is 12.2. The van der Waals surface area contributed by atoms with E-state index < -0.39 is 0 Å². The number of piperazine rings is 1. The highest BCUT2D eigenvalue weighted by atomic mass is 19.1. The summed E-state index contributed by atoms with van der Waals surface area (Å²) in [6.45, 7) is 4.00. The van der Waals surface area contributed by atoms with Crippen LogP contribution in [0.1, 0.15) is 11.1 Å². The fraction of sp³-hybridized carbons (Fsp3) is 0.350. The third kappa shape index (κ3) is 4.57. The number of carbonyl (C=O) groups is 1. The molecule has 3 rings (SSSR count). The number of amides is 1. The van der Waals surface area contributed by atoms with Crippen LogP contribution in [0.25, 0.3) is 0 Å². The molecule has 1 aliphatic heterocycles. The number of hydrogen-bond acceptors (Lipinski definition) is 3. The number of ether oxygens (including phenoxy) is 1. The molecule has 1 fully saturated rings. The maximum absolute atomic E-state index is 13.4. The first-order valence-corrected chi connectivity index (χ1v) is 8.52. The highest BCUT2D eigenvalue weighted by molar-refractivity contribution is 5.79. The van der Waals surface area contributed by atoms with Gasteiger partial charge in [-0.05, 0) is 23.8 Å². The van der Waals surface area contributed by atoms with Gasteiger partial charge in [0.25, 0.3) is 0 Å². The minimum atomic E-state index is -0.351. The van der Waals surface area contributed by atoms with E-state index in [0.717, 1.165) is 19.6 Å². The molecule has 1 saturated heterocycles. The summed E-state index contributed by atoms with van der Waals surface area (Å²) >= 11 is 0. The van der Waals surface area contributed by atoms with Gasteiger partial charge in [0.05, 0.1) is 13.5 Å². The highest BCUT2D eigenvalue weighted by Crippen LogP contribution is 2.21. The standard InChI is InChI=1S/C20H23FN2O2/c1-25-19-8-7-18(21)13-17(19)14-20(24)23-11-9-22(10-12-23)15-16-5-3-2-4-6-16/h2-8,13H,9-12,14-15H2,1H3. The van der Waals surface area contributed by atoms with Gasteiger partial charge in [0.15, 0.2) is 0 Å². The molecule has 25 heavy (non-hydrogen) atoms. The molecule has 0 N–H and O–H groups in total. The van der Waals surface area contributed by atoms with Gasteiger partial charge < -0.3 is 9.64 Å². The van der Waals surface area contributed by atoms with Crippen molar-refractivity contribution in [3.8, 4) is 5.75 Å². The van der Waals surface area contributed by atoms with Crippen molar-refractivity contribution in [2.75, 3.05) is 33.3 Å². The largest absolute Gasteiger partial charge is 0.496 e. The molecule has 2 aromatic carbocycles. The van der Waals surface area contributed by atoms with Crippen molar-refractivity contribution in [2.24, 2.45) is 0 Å². The van der Waals surface area contributed by atoms with Crippen LogP contribution >= 0.6 is 0 Å². The van der Waals surface area contributed by atoms with Crippen LogP contribution in [0.2, 0.25) is 0 Å². The molecular formula is C20H23FN2O2. The van der Waals surface area contributed by atoms with Gasteiger partial charge in [0.2, 0.25) is 5.91 Å². The second-order valence-electron chi connectivity index (χ2n) is 6.28. The molecule has 0 radical (unpaired) electrons. The average molecular weight is 342 g/mol. The van der Waals surface area contributed by atoms with Crippen LogP contribution in [0.5, 0.6) is 5.75 Å². The Hall–Kier alpha value is -2.40. The molecule has 0 unspecified atom stereocenters. The maximum Gasteiger partial charge on any atom is 0.227 e. The first kappa shape index (κ1) is 17.4. The first-order valence-electron chi connectivity index (χ1n) is 8.52. The molecule has 0 aromatic heterocycles. The summed E-state index contributed by atoms with van der Waals surface area (Å²) in [5.74, 6) is 0.219. The zero-order valence-electron chi connectivity index (χ0n) is 14.5. The van der Waals surface area contributed by atoms with Crippen LogP contribution in [0.4, 0.5) is 4.39 Å². The van der Waals surface area contributed by atoms with Crippen molar-refractivity contribution < 1.29 is 13.9 Å². The van der Waals surface area contributed by atoms with E-state index in [9.17, 15) is 9.18 Å². The van der Waals surface area contributed by atoms with E-state index in [1.165, 1.54) is 24.8 Å². The molecule has 2 aromatic rings. The molecule has 1 aliphatic rings. The molecule has 1 heterocycles. The van der Waals surface area contributed by atoms with Crippen LogP contribution in [0.15, 0.2) is 48.5 Å². The van der Waals surface area contributed by atoms with E-state index in [1.54, 1.807) is 6.07 Å². The van der Waals surface area contributed by atoms with Gasteiger partial charge in [-0.15, -0.1) is 0 Å². The van der Waals surface area contributed by atoms with Crippen LogP contribution in [-0.4, -0.2) is 49.0 Å². The number of halogens is 1. The normalized spacial score (nSPS) is 15.2. The van der Waals surface area contributed by atoms with Crippen molar-refractivity contribution in [1.82, 2.24) is 9.80 Å². The summed E-state index contributed by atoms with van der Waals surface area (Å²) < 4.78 is 18.7. The van der Waals surface area contributed by atoms with Gasteiger partial charge in [0, 0.05) is 38.3 Å². The topological polar surface area (TPSA) is 32.8 Å². The second-order valence-corrected chi connectivity index (χ2v) is 6.28. The molecule has 1 amide bonds. The molecular weight excluding hydrogens is 319 g/mol. The molecule has 5 heteroatoms. The third-order valence-corrected chi connectivity index (χ3v) is 4.56. The molecule has 0 spiro atoms. The van der Waals surface area contributed by atoms with Gasteiger partial charge in [-0.1, -0.05) is 30.3 Å². The van der Waals surface area contributed by atoms with Crippen molar-refractivity contribution in [1.29, 1.82) is 0 Å². The Morgan fingerprint density at radius 3 is 2.48 bits per heavy atom. The lowest BCUT2D eigenvalue weighted by atomic mass is 10.1. The van der Waals surface area contributed by atoms with E-state index in [1.807, 2.05) is 23.1 Å². The van der Waals surface area contributed by atoms with Crippen molar-refractivity contribution >= 4 is 5.91 Å². The predicted molar refractivity (Wildman–Crippen MR) is 95.0 cm³/mol. The summed E-state index contributed by atoms with van der Waals surface area (Å²) in [5.41, 5.74) is 1.88. The number of carbonyl (C=O) groups excluding carboxylic acids is 1. The zero-order chi connectivity index (χ0) is 17.6. The zero-order valence-corrected chi connectivity index (χ0v) is 14.5. The Bertz CT molecular complexity index is 713. The van der Waals surface area contributed by atoms with Crippen molar-refractivity contribution in [3.05, 3.63) is 65.5 Å². The summed E-state index contributed by atoms with van der Waals surface area (Å²) in [7, 11) is 1.53. The minimum Gasteiger partial charge on any atom is -0.496 e. The molecule has 0 bridgehead atoms. The molecule has 4 nitrogen and oxygen atoms in total. The lowest BCUT2D eigenvalue weighted by Crippen LogP contribution is -2.48. The predicted octanol–water partition coefficient (Wildman–Crippen LogP) is 2.72. The molecule has 0 saturated carbocycles. The number of rotatable bonds is 5. The monoisotopic (exact) mass is 342 g/mol. The number of methoxy groups -OCH3 is 1. The molecule has 132 valence electrons. The average Bonchev–Trinajstić information content (AvgIpc) is 2.63. The fourth-order valence-corrected chi connectivity index (χ4v) is 3.16. The van der Waals surface area contributed by atoms with Crippen LogP contribution < -0.4 is 4.74 Å². The summed E-state index contributed by atoms with van der Waals surface area (Å²) in [6.07, 6.45) is 0.166. The van der Waals surface area contributed by atoms with Crippen LogP contribution in [0.3, 0.4) is 0 Å². The Kier molecular flexibility index (Phi) is 5.66. The van der Waals surface area contributed by atoms with Gasteiger partial charge in [-0.3, -0.25) is 9.69 Å². The Labute approximate surface area is 147 Å². The summed E-state index contributed by atoms with van der Waals surface area (Å²) in [4.78, 5) is 16.7. The van der Waals surface area contributed by atoms with Crippen LogP contribution in [-0.2, 0) is 17.8 Å². The number of hydrogen-bond donors (Lipinski definition) is 0. The van der Waals surface area contributed by atoms with Crippen molar-refractivity contribution in [2.45, 2.75) is 13.0 Å². The number of nitrogens with zero attached hydrogens (tertiary/aromatic N) is 2. The minimum absolute atomic E-state index is 0.0169. The fourth-order valence-electron chi connectivity index (χ4n) is 3.16. The quantitative estimate of drug-likeness (QED) is 0.838. The Morgan fingerprint density at radius 1 is 1.08 bits per heavy atom. The van der Waals surface area contributed by atoms with E-state index in [4.69, 9.17) is 4.74 Å². The Balaban J connectivity index is 1.54. The van der Waals surface area contributed by atoms with Gasteiger partial charge in [0.1, 0.15) is 11.6 Å². The summed E-state index contributed by atoms with van der Waals surface area (Å²) in [6, 6.07) is 14.6. The second kappa shape index (κ2) is 8.12. The SMILES string of the molecule is COc1ccc(F)cc1CC(=O)N1CCN(Cc2ccccc2)CC1. The highest BCUT2D eigenvalue weighted by Gasteiger charge is 2.22. The smallest absolute Gasteiger partial charge is 0.227 e. The lowest BCUT2D eigenvalue weighted by molar-refractivity contribution is -0.132. The van der Waals surface area contributed by atoms with E-state index >= 15 is 0 Å². The van der Waals surface area contributed by atoms with Gasteiger partial charge >= 0.3 is 0 Å². The van der Waals surface area contributed by atoms with E-state index in [-0.39, 0.29) is 18.1 Å². The van der Waals surface area contributed by atoms with E-state index in [2.05, 4.69) is 17.0 Å². The van der Waals surface area contributed by atoms with Crippen LogP contribution in [0, 0.1) is 5.82 Å². The molecule has 0 atom stereocenters.